The molecule has 23 nitrogen and oxygen atoms in total. The van der Waals surface area contributed by atoms with Crippen molar-refractivity contribution in [2.24, 2.45) is 5.92 Å². The molecule has 34 heteroatoms. The van der Waals surface area contributed by atoms with Gasteiger partial charge in [0.25, 0.3) is 0 Å². The zero-order valence-electron chi connectivity index (χ0n) is 61.4. The molecule has 1 N–H and O–H groups in total. The van der Waals surface area contributed by atoms with Gasteiger partial charge in [-0.1, -0.05) is 207 Å². The number of carbonyl (C=O) groups is 4. The minimum Gasteiger partial charge on any atom is -1.00 e. The summed E-state index contributed by atoms with van der Waals surface area (Å²) in [6.07, 6.45) is 19.0. The predicted molar refractivity (Wildman–Crippen MR) is 430 cm³/mol. The van der Waals surface area contributed by atoms with Gasteiger partial charge in [-0.05, 0) is 157 Å². The van der Waals surface area contributed by atoms with Gasteiger partial charge >= 0.3 is 113 Å². The Hall–Kier alpha value is -4.82. The van der Waals surface area contributed by atoms with Gasteiger partial charge in [-0.3, -0.25) is 19.7 Å². The number of para-hydroxylation sites is 1. The van der Waals surface area contributed by atoms with Gasteiger partial charge in [-0.15, -0.1) is 0 Å². The minimum absolute atomic E-state index is 0. The van der Waals surface area contributed by atoms with E-state index in [2.05, 4.69) is 110 Å². The molecule has 2 fully saturated rings. The number of rotatable bonds is 25. The molecule has 2 aliphatic carbocycles. The first-order valence-corrected chi connectivity index (χ1v) is 40.9. The second-order valence-corrected chi connectivity index (χ2v) is 28.8. The summed E-state index contributed by atoms with van der Waals surface area (Å²) in [4.78, 5) is 44.4. The number of fused-ring (bicyclic) bond motifs is 2. The molecule has 0 atom stereocenters. The van der Waals surface area contributed by atoms with Crippen LogP contribution < -0.4 is 135 Å². The summed E-state index contributed by atoms with van der Waals surface area (Å²) in [6, 6.07) is 47.5. The summed E-state index contributed by atoms with van der Waals surface area (Å²) in [5.74, 6) is 2.80. The Morgan fingerprint density at radius 1 is 0.491 bits per heavy atom. The number of benzene rings is 8. The molecule has 10 rings (SSSR count). The molecule has 0 aliphatic heterocycles. The molecule has 2 saturated carbocycles. The van der Waals surface area contributed by atoms with E-state index in [0.717, 1.165) is 53.0 Å². The number of ether oxygens (including phenoxy) is 9. The number of esters is 3. The Morgan fingerprint density at radius 2 is 0.973 bits per heavy atom. The molecular formula is C78H92Br4NNa3O22S4. The molecule has 0 heterocycles. The van der Waals surface area contributed by atoms with Crippen LogP contribution in [-0.4, -0.2) is 119 Å². The number of nitrogens with one attached hydrogen (secondary N) is 1. The minimum atomic E-state index is -4.58. The molecule has 596 valence electrons. The zero-order valence-corrected chi connectivity index (χ0v) is 77.2. The number of anilines is 1. The van der Waals surface area contributed by atoms with Crippen molar-refractivity contribution in [3.05, 3.63) is 220 Å². The van der Waals surface area contributed by atoms with Crippen LogP contribution in [0.15, 0.2) is 234 Å². The van der Waals surface area contributed by atoms with Crippen molar-refractivity contribution in [2.45, 2.75) is 111 Å². The van der Waals surface area contributed by atoms with Gasteiger partial charge in [-0.25, -0.2) is 30.0 Å². The quantitative estimate of drug-likeness (QED) is 0.0113. The Morgan fingerprint density at radius 3 is 1.50 bits per heavy atom. The molecule has 0 unspecified atom stereocenters. The summed E-state index contributed by atoms with van der Waals surface area (Å²) in [7, 11) is -11.8. The third kappa shape index (κ3) is 45.6. The molecule has 1 amide bonds. The molecular weight excluding hydrogens is 1820 g/mol. The summed E-state index contributed by atoms with van der Waals surface area (Å²) in [5.41, 5.74) is 2.16. The third-order valence-electron chi connectivity index (χ3n) is 15.0. The van der Waals surface area contributed by atoms with Crippen LogP contribution in [0.3, 0.4) is 0 Å². The van der Waals surface area contributed by atoms with E-state index in [-0.39, 0.29) is 175 Å². The van der Waals surface area contributed by atoms with E-state index in [4.69, 9.17) is 42.6 Å². The molecule has 112 heavy (non-hydrogen) atoms. The summed E-state index contributed by atoms with van der Waals surface area (Å²) >= 11 is 12.2. The number of amides is 1. The van der Waals surface area contributed by atoms with Crippen LogP contribution in [-0.2, 0) is 76.3 Å². The van der Waals surface area contributed by atoms with E-state index in [1.165, 1.54) is 137 Å². The average Bonchev–Trinajstić information content (AvgIpc) is 0.781. The molecule has 0 saturated heterocycles. The van der Waals surface area contributed by atoms with Crippen molar-refractivity contribution >= 4 is 142 Å². The fraction of sp³-hybridized carbons (Fsp3) is 0.308. The van der Waals surface area contributed by atoms with Crippen LogP contribution in [0.4, 0.5) is 10.5 Å². The maximum Gasteiger partial charge on any atom is 1.00 e. The number of alkyl halides is 3. The fourth-order valence-corrected chi connectivity index (χ4v) is 12.3. The van der Waals surface area contributed by atoms with Crippen molar-refractivity contribution in [1.29, 1.82) is 0 Å². The normalized spacial score (nSPS) is 11.9. The first kappa shape index (κ1) is 111. The second-order valence-electron chi connectivity index (χ2n) is 22.5. The van der Waals surface area contributed by atoms with E-state index in [9.17, 15) is 58.1 Å². The van der Waals surface area contributed by atoms with Crippen molar-refractivity contribution in [2.75, 3.05) is 61.5 Å². The predicted octanol–water partition coefficient (Wildman–Crippen LogP) is 5.12. The number of methoxy groups -OCH3 is 1. The molecule has 0 spiro atoms. The van der Waals surface area contributed by atoms with E-state index < -0.39 is 54.4 Å². The van der Waals surface area contributed by atoms with Crippen molar-refractivity contribution in [3.8, 4) is 28.7 Å². The number of halogens is 4. The summed E-state index contributed by atoms with van der Waals surface area (Å²) in [5, 5.41) is 4.59. The monoisotopic (exact) mass is 1910 g/mol. The van der Waals surface area contributed by atoms with Crippen LogP contribution in [0.2, 0.25) is 0 Å². The van der Waals surface area contributed by atoms with Gasteiger partial charge in [0.1, 0.15) is 102 Å². The topological polar surface area (TPSA) is 335 Å². The maximum absolute atomic E-state index is 11.3. The Bertz CT molecular complexity index is 4420. The summed E-state index contributed by atoms with van der Waals surface area (Å²) in [6.45, 7) is 12.9. The Labute approximate surface area is 766 Å². The third-order valence-corrected chi connectivity index (χ3v) is 19.2. The molecule has 8 aromatic rings. The Kier molecular flexibility index (Phi) is 62.0. The van der Waals surface area contributed by atoms with E-state index in [1.54, 1.807) is 55.8 Å². The molecule has 0 bridgehead atoms. The van der Waals surface area contributed by atoms with Crippen LogP contribution in [0.1, 0.15) is 97.0 Å². The summed E-state index contributed by atoms with van der Waals surface area (Å²) < 4.78 is 143. The molecule has 8 aromatic carbocycles. The number of hydrogen-bond acceptors (Lipinski definition) is 22. The first-order valence-electron chi connectivity index (χ1n) is 32.8. The van der Waals surface area contributed by atoms with Gasteiger partial charge in [0.15, 0.2) is 4.90 Å². The van der Waals surface area contributed by atoms with Gasteiger partial charge in [-0.2, -0.15) is 0 Å². The second kappa shape index (κ2) is 62.4. The number of carbonyl (C=O) groups excluding carboxylic acids is 4. The smallest absolute Gasteiger partial charge is 1.00 e. The maximum atomic E-state index is 11.3. The van der Waals surface area contributed by atoms with Gasteiger partial charge < -0.3 is 73.3 Å². The number of hydrogen-bond donors (Lipinski definition) is 1. The van der Waals surface area contributed by atoms with Gasteiger partial charge in [0, 0.05) is 22.5 Å². The van der Waals surface area contributed by atoms with Crippen LogP contribution in [0.5, 0.6) is 28.7 Å². The first-order chi connectivity index (χ1) is 50.7. The Balaban J connectivity index is -0.00000124. The largest absolute Gasteiger partial charge is 1.00 e. The average molecular weight is 1910 g/mol. The molecule has 2 aliphatic rings. The van der Waals surface area contributed by atoms with Gasteiger partial charge in [0.05, 0.1) is 47.2 Å². The van der Waals surface area contributed by atoms with E-state index in [0.29, 0.717) is 47.4 Å². The van der Waals surface area contributed by atoms with E-state index >= 15 is 0 Å². The van der Waals surface area contributed by atoms with Crippen molar-refractivity contribution < 1.29 is 206 Å². The van der Waals surface area contributed by atoms with E-state index in [1.807, 2.05) is 42.5 Å². The SMILES string of the molecule is C.C.C=COCCC1CCCCC1.C=COCCOC(=O)Nc1ccccc1.C=COCCOc1ccc(C2CCCCC2)cc1.COc1cccc([SH2+])c1.O=C(CBr)Oc1ccc(S(=O)(=O)[O-])c2ccccc12.O=C(CBr)Oc1ccc(S(=O)(=O)[O-])cc1.O=C(CBr)Oc1ccc2cc(S(=O)(=O)[O-])ccc2c1.[Br-].[Na+].[Na+].[Na+]. The van der Waals surface area contributed by atoms with Crippen molar-refractivity contribution in [1.82, 2.24) is 0 Å². The zero-order chi connectivity index (χ0) is 77.8. The van der Waals surface area contributed by atoms with Crippen LogP contribution in [0, 0.1) is 5.92 Å². The fourth-order valence-electron chi connectivity index (χ4n) is 10.0. The standard InChI is InChI=1S/C16H22O2.2C12H9BrO5S.C11H13NO3.C10H18O.C8H7BrO5S.C7H8OS.2CH4.BrH.3Na/c1-2-17-12-13-18-16-10-8-15(9-11-16)14-6-4-3-5-7-14;13-7-12(14)18-10-3-1-9-6-11(19(15,16)17)4-2-8(9)5-10;13-7-12(14)18-10-5-6-11(19(15,16)17)9-4-2-1-3-8(9)10;1-2-14-8-9-15-11(13)12-10-6-4-3-5-7-10;1-2-11-9-8-10-6-4-3-5-7-10;9-5-8(10)14-6-1-3-7(4-2-6)15(11,12)13;1-8-6-3-2-4-7(9)5-6;;;;;;/h2,8-11,14H,1,3-7,12-13H2;2*1-6H,7H2,(H,15,16,17);2-7H,1,8-9H2,(H,12,13);2,10H,1,3-9H2;1-4H,5H2,(H,11,12,13);2-5,9H,1H3;2*1H4;1H;;;/q;;;;;;;;;;3*+1/p-3. The molecule has 0 aromatic heterocycles. The van der Waals surface area contributed by atoms with Gasteiger partial charge in [0.2, 0.25) is 0 Å². The van der Waals surface area contributed by atoms with Crippen molar-refractivity contribution in [3.63, 3.8) is 0 Å². The van der Waals surface area contributed by atoms with Crippen LogP contribution in [0.25, 0.3) is 21.5 Å². The molecule has 0 radical (unpaired) electrons. The van der Waals surface area contributed by atoms with Crippen LogP contribution >= 0.6 is 47.8 Å².